The first-order chi connectivity index (χ1) is 25.0. The van der Waals surface area contributed by atoms with Crippen molar-refractivity contribution >= 4 is 29.7 Å². The van der Waals surface area contributed by atoms with Crippen molar-refractivity contribution in [3.63, 3.8) is 0 Å². The number of benzene rings is 1. The molecule has 0 aliphatic heterocycles. The van der Waals surface area contributed by atoms with Gasteiger partial charge in [-0.25, -0.2) is 9.59 Å². The number of esters is 2. The summed E-state index contributed by atoms with van der Waals surface area (Å²) in [5.74, 6) is -1.23. The maximum absolute atomic E-state index is 12.4. The van der Waals surface area contributed by atoms with Crippen LogP contribution in [-0.2, 0) is 28.8 Å². The van der Waals surface area contributed by atoms with E-state index in [2.05, 4.69) is 17.1 Å². The zero-order valence-electron chi connectivity index (χ0n) is 30.5. The second-order valence-electron chi connectivity index (χ2n) is 13.0. The van der Waals surface area contributed by atoms with Gasteiger partial charge in [0.2, 0.25) is 5.91 Å². The standard InChI is InChI=1S/C38H56N2O12/c1-3-4-5-6-9-14-29(41)19-20-31-30(32(42)26-33(31)43)15-10-7-8-11-16-36(44)39-27-38(46)52-34-21-17-28(25-35(34)49-2)18-22-37(45)50-23-12-13-24-51-40(47)48/h7,10,17-18,21-22,25,30-33,42-43H,3-6,8-9,11-16,19-20,23-24,26-27H2,1-2H3,(H,39,44)/t30-,31-,32+,33-/m1/s1. The third kappa shape index (κ3) is 18.3. The number of nitrogens with zero attached hydrogens (tertiary/aromatic N) is 1. The normalized spacial score (nSPS) is 18.4. The third-order valence-electron chi connectivity index (χ3n) is 8.92. The summed E-state index contributed by atoms with van der Waals surface area (Å²) in [7, 11) is 1.39. The van der Waals surface area contributed by atoms with Gasteiger partial charge in [-0.2, -0.15) is 0 Å². The molecule has 0 spiro atoms. The van der Waals surface area contributed by atoms with E-state index in [1.165, 1.54) is 38.2 Å². The minimum atomic E-state index is -0.879. The van der Waals surface area contributed by atoms with E-state index in [4.69, 9.17) is 14.2 Å². The Morgan fingerprint density at radius 1 is 0.923 bits per heavy atom. The number of Topliss-reactive ketones (excluding diaryl/α,β-unsaturated/α-hetero) is 1. The van der Waals surface area contributed by atoms with Crippen molar-refractivity contribution in [3.8, 4) is 11.5 Å². The van der Waals surface area contributed by atoms with E-state index in [-0.39, 0.29) is 61.2 Å². The Balaban J connectivity index is 1.66. The van der Waals surface area contributed by atoms with Crippen LogP contribution in [0.4, 0.5) is 0 Å². The van der Waals surface area contributed by atoms with Gasteiger partial charge in [0.1, 0.15) is 12.3 Å². The summed E-state index contributed by atoms with van der Waals surface area (Å²) in [5.41, 5.74) is 0.572. The molecule has 1 saturated carbocycles. The Morgan fingerprint density at radius 3 is 2.42 bits per heavy atom. The minimum absolute atomic E-state index is 0.0732. The Bertz CT molecular complexity index is 1330. The number of rotatable bonds is 27. The number of ether oxygens (including phenoxy) is 3. The predicted octanol–water partition coefficient (Wildman–Crippen LogP) is 5.45. The fraction of sp³-hybridized carbons (Fsp3) is 0.632. The zero-order chi connectivity index (χ0) is 38.1. The van der Waals surface area contributed by atoms with Crippen LogP contribution in [0.3, 0.4) is 0 Å². The van der Waals surface area contributed by atoms with Gasteiger partial charge >= 0.3 is 11.9 Å². The lowest BCUT2D eigenvalue weighted by molar-refractivity contribution is -0.757. The van der Waals surface area contributed by atoms with Crippen LogP contribution in [0.1, 0.15) is 109 Å². The molecule has 0 heterocycles. The summed E-state index contributed by atoms with van der Waals surface area (Å²) in [6.07, 6.45) is 15.5. The van der Waals surface area contributed by atoms with Crippen molar-refractivity contribution in [2.45, 2.75) is 115 Å². The number of aliphatic hydroxyl groups excluding tert-OH is 2. The molecule has 1 aromatic carbocycles. The monoisotopic (exact) mass is 732 g/mol. The van der Waals surface area contributed by atoms with Gasteiger partial charge in [-0.1, -0.05) is 50.8 Å². The van der Waals surface area contributed by atoms with Crippen molar-refractivity contribution < 1.29 is 53.5 Å². The number of allylic oxidation sites excluding steroid dienone is 2. The van der Waals surface area contributed by atoms with Crippen LogP contribution in [0.2, 0.25) is 0 Å². The number of hydrogen-bond donors (Lipinski definition) is 3. The van der Waals surface area contributed by atoms with Gasteiger partial charge in [-0.15, -0.1) is 10.1 Å². The molecule has 2 rings (SSSR count). The summed E-state index contributed by atoms with van der Waals surface area (Å²) in [6, 6.07) is 4.65. The quantitative estimate of drug-likeness (QED) is 0.0197. The van der Waals surface area contributed by atoms with Crippen molar-refractivity contribution in [3.05, 3.63) is 52.1 Å². The van der Waals surface area contributed by atoms with Crippen LogP contribution in [0.25, 0.3) is 6.08 Å². The molecule has 3 N–H and O–H groups in total. The van der Waals surface area contributed by atoms with Gasteiger partial charge in [0.15, 0.2) is 11.5 Å². The van der Waals surface area contributed by atoms with Crippen LogP contribution >= 0.6 is 0 Å². The highest BCUT2D eigenvalue weighted by Crippen LogP contribution is 2.38. The summed E-state index contributed by atoms with van der Waals surface area (Å²) in [5, 5.41) is 32.8. The van der Waals surface area contributed by atoms with E-state index in [1.807, 2.05) is 12.2 Å². The molecule has 1 fully saturated rings. The van der Waals surface area contributed by atoms with E-state index < -0.39 is 29.2 Å². The predicted molar refractivity (Wildman–Crippen MR) is 193 cm³/mol. The molecule has 1 aliphatic rings. The lowest BCUT2D eigenvalue weighted by atomic mass is 9.86. The molecule has 0 aromatic heterocycles. The lowest BCUT2D eigenvalue weighted by Gasteiger charge is -2.22. The fourth-order valence-corrected chi connectivity index (χ4v) is 6.05. The molecule has 290 valence electrons. The highest BCUT2D eigenvalue weighted by molar-refractivity contribution is 5.87. The van der Waals surface area contributed by atoms with E-state index >= 15 is 0 Å². The first-order valence-corrected chi connectivity index (χ1v) is 18.3. The van der Waals surface area contributed by atoms with Crippen molar-refractivity contribution in [2.24, 2.45) is 11.8 Å². The Kier molecular flexibility index (Phi) is 21.6. The summed E-state index contributed by atoms with van der Waals surface area (Å²) < 4.78 is 15.7. The van der Waals surface area contributed by atoms with Crippen molar-refractivity contribution in [2.75, 3.05) is 26.9 Å². The summed E-state index contributed by atoms with van der Waals surface area (Å²) in [6.45, 7) is 1.83. The van der Waals surface area contributed by atoms with E-state index in [0.717, 1.165) is 19.3 Å². The van der Waals surface area contributed by atoms with E-state index in [1.54, 1.807) is 12.1 Å². The first kappa shape index (κ1) is 43.9. The van der Waals surface area contributed by atoms with Crippen molar-refractivity contribution in [1.82, 2.24) is 5.32 Å². The van der Waals surface area contributed by atoms with Gasteiger partial charge in [0.05, 0.1) is 32.5 Å². The summed E-state index contributed by atoms with van der Waals surface area (Å²) >= 11 is 0. The number of aliphatic hydroxyl groups is 2. The molecule has 1 aliphatic carbocycles. The number of methoxy groups -OCH3 is 1. The van der Waals surface area contributed by atoms with Crippen LogP contribution in [0, 0.1) is 22.0 Å². The summed E-state index contributed by atoms with van der Waals surface area (Å²) in [4.78, 5) is 63.3. The largest absolute Gasteiger partial charge is 0.493 e. The van der Waals surface area contributed by atoms with Gasteiger partial charge < -0.3 is 34.6 Å². The zero-order valence-corrected chi connectivity index (χ0v) is 30.5. The number of ketones is 1. The maximum atomic E-state index is 12.4. The number of hydrogen-bond acceptors (Lipinski definition) is 12. The number of carbonyl (C=O) groups is 4. The van der Waals surface area contributed by atoms with Gasteiger partial charge in [0.25, 0.3) is 5.09 Å². The number of carbonyl (C=O) groups excluding carboxylic acids is 4. The van der Waals surface area contributed by atoms with Crippen LogP contribution < -0.4 is 14.8 Å². The maximum Gasteiger partial charge on any atom is 0.330 e. The van der Waals surface area contributed by atoms with Gasteiger partial charge in [-0.05, 0) is 87.0 Å². The van der Waals surface area contributed by atoms with Crippen LogP contribution in [-0.4, -0.2) is 78.0 Å². The topological polar surface area (TPSA) is 201 Å². The Hall–Kier alpha value is -4.30. The molecule has 1 aromatic rings. The average molecular weight is 733 g/mol. The molecule has 0 unspecified atom stereocenters. The Labute approximate surface area is 306 Å². The van der Waals surface area contributed by atoms with E-state index in [0.29, 0.717) is 63.4 Å². The van der Waals surface area contributed by atoms with Gasteiger partial charge in [-0.3, -0.25) is 9.59 Å². The number of amides is 1. The van der Waals surface area contributed by atoms with Gasteiger partial charge in [0, 0.05) is 25.3 Å². The number of nitrogens with one attached hydrogen (secondary N) is 1. The molecule has 52 heavy (non-hydrogen) atoms. The molecular weight excluding hydrogens is 676 g/mol. The minimum Gasteiger partial charge on any atom is -0.493 e. The fourth-order valence-electron chi connectivity index (χ4n) is 6.05. The van der Waals surface area contributed by atoms with E-state index in [9.17, 15) is 39.5 Å². The molecule has 4 atom stereocenters. The third-order valence-corrected chi connectivity index (χ3v) is 8.92. The van der Waals surface area contributed by atoms with Crippen molar-refractivity contribution in [1.29, 1.82) is 0 Å². The molecule has 1 amide bonds. The molecule has 0 bridgehead atoms. The lowest BCUT2D eigenvalue weighted by Crippen LogP contribution is -2.31. The SMILES string of the molecule is CCCCCCCC(=O)CC[C@@H]1[C@@H](CC=CCCCC(=O)NCC(=O)Oc2ccc(C=CC(=O)OCCCCO[N+](=O)[O-])cc2OC)[C@@H](O)C[C@H]1O. The molecular formula is C38H56N2O12. The van der Waals surface area contributed by atoms with Crippen LogP contribution in [0.15, 0.2) is 36.4 Å². The second kappa shape index (κ2) is 25.6. The Morgan fingerprint density at radius 2 is 1.67 bits per heavy atom. The van der Waals surface area contributed by atoms with Crippen LogP contribution in [0.5, 0.6) is 11.5 Å². The molecule has 0 saturated heterocycles. The molecule has 0 radical (unpaired) electrons. The highest BCUT2D eigenvalue weighted by Gasteiger charge is 2.40. The molecule has 14 heteroatoms. The number of unbranched alkanes of at least 4 members (excludes halogenated alkanes) is 6. The average Bonchev–Trinajstić information content (AvgIpc) is 3.39. The smallest absolute Gasteiger partial charge is 0.330 e. The highest BCUT2D eigenvalue weighted by atomic mass is 16.9. The second-order valence-corrected chi connectivity index (χ2v) is 13.0. The first-order valence-electron chi connectivity index (χ1n) is 18.3. The molecule has 14 nitrogen and oxygen atoms in total.